The molecular formula is C14H19NO4. The summed E-state index contributed by atoms with van der Waals surface area (Å²) in [5, 5.41) is 12.0. The van der Waals surface area contributed by atoms with E-state index >= 15 is 0 Å². The molecule has 19 heavy (non-hydrogen) atoms. The highest BCUT2D eigenvalue weighted by Crippen LogP contribution is 2.23. The predicted molar refractivity (Wildman–Crippen MR) is 70.9 cm³/mol. The summed E-state index contributed by atoms with van der Waals surface area (Å²) in [5.74, 6) is -1.29. The predicted octanol–water partition coefficient (Wildman–Crippen LogP) is 1.18. The highest BCUT2D eigenvalue weighted by Gasteiger charge is 2.35. The topological polar surface area (TPSA) is 75.6 Å². The fourth-order valence-electron chi connectivity index (χ4n) is 1.63. The first-order valence-electron chi connectivity index (χ1n) is 6.14. The molecule has 0 saturated heterocycles. The molecule has 0 bridgehead atoms. The number of ether oxygens (including phenoxy) is 1. The molecule has 0 aliphatic carbocycles. The Kier molecular flexibility index (Phi) is 5.51. The second-order valence-corrected chi connectivity index (χ2v) is 4.42. The van der Waals surface area contributed by atoms with E-state index in [1.54, 1.807) is 38.1 Å². The Morgan fingerprint density at radius 2 is 1.95 bits per heavy atom. The zero-order valence-electron chi connectivity index (χ0n) is 11.2. The highest BCUT2D eigenvalue weighted by molar-refractivity contribution is 5.83. The molecule has 2 N–H and O–H groups in total. The number of benzene rings is 1. The first-order valence-corrected chi connectivity index (χ1v) is 6.14. The third-order valence-electron chi connectivity index (χ3n) is 2.96. The maximum absolute atomic E-state index is 11.5. The molecule has 0 heterocycles. The van der Waals surface area contributed by atoms with Crippen molar-refractivity contribution < 1.29 is 19.4 Å². The van der Waals surface area contributed by atoms with Crippen molar-refractivity contribution in [1.29, 1.82) is 0 Å². The van der Waals surface area contributed by atoms with E-state index in [4.69, 9.17) is 4.74 Å². The Morgan fingerprint density at radius 3 is 2.47 bits per heavy atom. The molecule has 1 rings (SSSR count). The number of nitrogens with one attached hydrogen (secondary N) is 1. The van der Waals surface area contributed by atoms with Gasteiger partial charge in [0.1, 0.15) is 12.0 Å². The van der Waals surface area contributed by atoms with Crippen molar-refractivity contribution in [3.05, 3.63) is 35.9 Å². The first kappa shape index (κ1) is 15.2. The number of carboxylic acid groups (broad SMARTS) is 1. The van der Waals surface area contributed by atoms with Gasteiger partial charge in [-0.1, -0.05) is 30.3 Å². The lowest BCUT2D eigenvalue weighted by Crippen LogP contribution is -2.45. The molecule has 5 nitrogen and oxygen atoms in total. The third-order valence-corrected chi connectivity index (χ3v) is 2.96. The minimum Gasteiger partial charge on any atom is -0.481 e. The second-order valence-electron chi connectivity index (χ2n) is 4.42. The lowest BCUT2D eigenvalue weighted by Gasteiger charge is -2.25. The van der Waals surface area contributed by atoms with Crippen molar-refractivity contribution in [3.63, 3.8) is 0 Å². The van der Waals surface area contributed by atoms with E-state index < -0.39 is 11.4 Å². The van der Waals surface area contributed by atoms with Gasteiger partial charge in [-0.2, -0.15) is 0 Å². The SMILES string of the molecule is CCOCC(=O)NCC(C)(C(=O)O)c1ccccc1. The van der Waals surface area contributed by atoms with Crippen LogP contribution in [-0.2, 0) is 19.7 Å². The summed E-state index contributed by atoms with van der Waals surface area (Å²) in [6.45, 7) is 3.80. The van der Waals surface area contributed by atoms with Gasteiger partial charge in [-0.25, -0.2) is 0 Å². The molecule has 1 atom stereocenters. The zero-order chi connectivity index (χ0) is 14.3. The number of aliphatic carboxylic acids is 1. The standard InChI is InChI=1S/C14H19NO4/c1-3-19-9-12(16)15-10-14(2,13(17)18)11-7-5-4-6-8-11/h4-8H,3,9-10H2,1-2H3,(H,15,16)(H,17,18). The fourth-order valence-corrected chi connectivity index (χ4v) is 1.63. The van der Waals surface area contributed by atoms with Crippen LogP contribution in [0.4, 0.5) is 0 Å². The lowest BCUT2D eigenvalue weighted by molar-refractivity contribution is -0.143. The lowest BCUT2D eigenvalue weighted by atomic mass is 9.82. The third kappa shape index (κ3) is 4.06. The Balaban J connectivity index is 2.74. The summed E-state index contributed by atoms with van der Waals surface area (Å²) in [7, 11) is 0. The van der Waals surface area contributed by atoms with Gasteiger partial charge < -0.3 is 15.2 Å². The number of hydrogen-bond acceptors (Lipinski definition) is 3. The summed E-state index contributed by atoms with van der Waals surface area (Å²) in [5.41, 5.74) is -0.498. The molecule has 0 aromatic heterocycles. The van der Waals surface area contributed by atoms with Gasteiger partial charge in [0.25, 0.3) is 0 Å². The summed E-state index contributed by atoms with van der Waals surface area (Å²) < 4.78 is 4.97. The van der Waals surface area contributed by atoms with Crippen LogP contribution < -0.4 is 5.32 Å². The molecule has 1 aromatic rings. The van der Waals surface area contributed by atoms with Gasteiger partial charge in [0.15, 0.2) is 0 Å². The smallest absolute Gasteiger partial charge is 0.315 e. The van der Waals surface area contributed by atoms with Crippen LogP contribution in [0.5, 0.6) is 0 Å². The highest BCUT2D eigenvalue weighted by atomic mass is 16.5. The normalized spacial score (nSPS) is 13.6. The van der Waals surface area contributed by atoms with Crippen LogP contribution in [0.15, 0.2) is 30.3 Å². The number of amides is 1. The number of carbonyl (C=O) groups excluding carboxylic acids is 1. The Hall–Kier alpha value is -1.88. The fraction of sp³-hybridized carbons (Fsp3) is 0.429. The minimum absolute atomic E-state index is 0.0260. The Labute approximate surface area is 112 Å². The molecule has 1 aromatic carbocycles. The van der Waals surface area contributed by atoms with E-state index in [0.29, 0.717) is 12.2 Å². The van der Waals surface area contributed by atoms with Crippen LogP contribution in [0.3, 0.4) is 0 Å². The van der Waals surface area contributed by atoms with E-state index in [9.17, 15) is 14.7 Å². The molecule has 1 amide bonds. The van der Waals surface area contributed by atoms with Gasteiger partial charge >= 0.3 is 5.97 Å². The number of carbonyl (C=O) groups is 2. The average molecular weight is 265 g/mol. The van der Waals surface area contributed by atoms with Crippen LogP contribution in [0.1, 0.15) is 19.4 Å². The second kappa shape index (κ2) is 6.89. The molecule has 1 unspecified atom stereocenters. The van der Waals surface area contributed by atoms with Crippen molar-refractivity contribution >= 4 is 11.9 Å². The van der Waals surface area contributed by atoms with Gasteiger partial charge in [-0.05, 0) is 19.4 Å². The van der Waals surface area contributed by atoms with Gasteiger partial charge in [-0.15, -0.1) is 0 Å². The molecular weight excluding hydrogens is 246 g/mol. The molecule has 104 valence electrons. The molecule has 5 heteroatoms. The molecule has 0 fully saturated rings. The number of hydrogen-bond donors (Lipinski definition) is 2. The maximum Gasteiger partial charge on any atom is 0.315 e. The Bertz CT molecular complexity index is 432. The van der Waals surface area contributed by atoms with E-state index in [2.05, 4.69) is 5.32 Å². The molecule has 0 radical (unpaired) electrons. The first-order chi connectivity index (χ1) is 9.00. The van der Waals surface area contributed by atoms with E-state index in [-0.39, 0.29) is 19.1 Å². The molecule has 0 saturated carbocycles. The van der Waals surface area contributed by atoms with Crippen molar-refractivity contribution in [1.82, 2.24) is 5.32 Å². The van der Waals surface area contributed by atoms with Crippen molar-refractivity contribution in [2.45, 2.75) is 19.3 Å². The monoisotopic (exact) mass is 265 g/mol. The Morgan fingerprint density at radius 1 is 1.32 bits per heavy atom. The van der Waals surface area contributed by atoms with Gasteiger partial charge in [0, 0.05) is 13.2 Å². The van der Waals surface area contributed by atoms with Crippen LogP contribution in [0.2, 0.25) is 0 Å². The minimum atomic E-state index is -1.15. The van der Waals surface area contributed by atoms with Crippen molar-refractivity contribution in [3.8, 4) is 0 Å². The van der Waals surface area contributed by atoms with Crippen LogP contribution in [0.25, 0.3) is 0 Å². The molecule has 0 aliphatic heterocycles. The summed E-state index contributed by atoms with van der Waals surface area (Å²) in [6.07, 6.45) is 0. The quantitative estimate of drug-likeness (QED) is 0.776. The van der Waals surface area contributed by atoms with E-state index in [1.165, 1.54) is 0 Å². The van der Waals surface area contributed by atoms with Crippen LogP contribution >= 0.6 is 0 Å². The van der Waals surface area contributed by atoms with Crippen LogP contribution in [-0.4, -0.2) is 36.7 Å². The summed E-state index contributed by atoms with van der Waals surface area (Å²) in [4.78, 5) is 22.9. The average Bonchev–Trinajstić information content (AvgIpc) is 2.43. The molecule has 0 aliphatic rings. The van der Waals surface area contributed by atoms with E-state index in [1.807, 2.05) is 6.07 Å². The van der Waals surface area contributed by atoms with Gasteiger partial charge in [0.05, 0.1) is 0 Å². The molecule has 0 spiro atoms. The van der Waals surface area contributed by atoms with Gasteiger partial charge in [-0.3, -0.25) is 9.59 Å². The van der Waals surface area contributed by atoms with E-state index in [0.717, 1.165) is 0 Å². The van der Waals surface area contributed by atoms with Gasteiger partial charge in [0.2, 0.25) is 5.91 Å². The maximum atomic E-state index is 11.5. The number of rotatable bonds is 7. The summed E-state index contributed by atoms with van der Waals surface area (Å²) >= 11 is 0. The van der Waals surface area contributed by atoms with Crippen molar-refractivity contribution in [2.24, 2.45) is 0 Å². The number of carboxylic acids is 1. The van der Waals surface area contributed by atoms with Crippen molar-refractivity contribution in [2.75, 3.05) is 19.8 Å². The zero-order valence-corrected chi connectivity index (χ0v) is 11.2. The largest absolute Gasteiger partial charge is 0.481 e. The van der Waals surface area contributed by atoms with Crippen LogP contribution in [0, 0.1) is 0 Å². The summed E-state index contributed by atoms with van der Waals surface area (Å²) in [6, 6.07) is 8.85.